The maximum atomic E-state index is 12.5. The number of carbonyl (C=O) groups is 1. The van der Waals surface area contributed by atoms with Crippen molar-refractivity contribution in [3.63, 3.8) is 0 Å². The highest BCUT2D eigenvalue weighted by Gasteiger charge is 2.34. The van der Waals surface area contributed by atoms with Gasteiger partial charge in [-0.2, -0.15) is 0 Å². The van der Waals surface area contributed by atoms with Gasteiger partial charge >= 0.3 is 0 Å². The highest BCUT2D eigenvalue weighted by molar-refractivity contribution is 5.85. The molecule has 3 atom stereocenters. The number of nitrogens with one attached hydrogen (secondary N) is 1. The molecule has 2 fully saturated rings. The quantitative estimate of drug-likeness (QED) is 0.811. The van der Waals surface area contributed by atoms with E-state index >= 15 is 0 Å². The first-order valence-corrected chi connectivity index (χ1v) is 8.60. The summed E-state index contributed by atoms with van der Waals surface area (Å²) >= 11 is 0. The van der Waals surface area contributed by atoms with Crippen molar-refractivity contribution in [2.24, 2.45) is 17.6 Å². The number of nitrogens with two attached hydrogens (primary N) is 1. The summed E-state index contributed by atoms with van der Waals surface area (Å²) in [7, 11) is 1.68. The van der Waals surface area contributed by atoms with Crippen molar-refractivity contribution in [2.45, 2.75) is 31.7 Å². The number of hydrogen-bond acceptors (Lipinski definition) is 4. The van der Waals surface area contributed by atoms with Gasteiger partial charge in [-0.3, -0.25) is 4.79 Å². The largest absolute Gasteiger partial charge is 0.497 e. The summed E-state index contributed by atoms with van der Waals surface area (Å²) in [5.74, 6) is 1.55. The summed E-state index contributed by atoms with van der Waals surface area (Å²) in [5.41, 5.74) is 6.95. The van der Waals surface area contributed by atoms with Gasteiger partial charge in [0.15, 0.2) is 0 Å². The zero-order valence-corrected chi connectivity index (χ0v) is 16.3. The van der Waals surface area contributed by atoms with Crippen LogP contribution >= 0.6 is 24.8 Å². The van der Waals surface area contributed by atoms with Crippen molar-refractivity contribution in [3.05, 3.63) is 24.3 Å². The Morgan fingerprint density at radius 2 is 2.12 bits per heavy atom. The van der Waals surface area contributed by atoms with Gasteiger partial charge in [0, 0.05) is 36.8 Å². The van der Waals surface area contributed by atoms with Crippen LogP contribution in [0.15, 0.2) is 24.3 Å². The first kappa shape index (κ1) is 21.9. The topological polar surface area (TPSA) is 67.6 Å². The molecule has 142 valence electrons. The summed E-state index contributed by atoms with van der Waals surface area (Å²) < 4.78 is 5.29. The van der Waals surface area contributed by atoms with Gasteiger partial charge in [-0.15, -0.1) is 24.8 Å². The third kappa shape index (κ3) is 5.16. The molecule has 0 radical (unpaired) electrons. The van der Waals surface area contributed by atoms with E-state index in [-0.39, 0.29) is 42.7 Å². The molecule has 3 N–H and O–H groups in total. The molecule has 1 aromatic carbocycles. The van der Waals surface area contributed by atoms with Gasteiger partial charge in [-0.25, -0.2) is 0 Å². The van der Waals surface area contributed by atoms with Crippen molar-refractivity contribution in [2.75, 3.05) is 31.6 Å². The van der Waals surface area contributed by atoms with E-state index < -0.39 is 0 Å². The number of rotatable bonds is 5. The van der Waals surface area contributed by atoms with Crippen LogP contribution in [0.1, 0.15) is 25.7 Å². The second-order valence-electron chi connectivity index (χ2n) is 6.67. The molecule has 1 heterocycles. The smallest absolute Gasteiger partial charge is 0.223 e. The number of anilines is 1. The Hall–Kier alpha value is -1.17. The molecule has 1 aromatic rings. The van der Waals surface area contributed by atoms with E-state index in [1.54, 1.807) is 7.11 Å². The highest BCUT2D eigenvalue weighted by Crippen LogP contribution is 2.31. The van der Waals surface area contributed by atoms with Gasteiger partial charge in [0.1, 0.15) is 5.75 Å². The van der Waals surface area contributed by atoms with Gasteiger partial charge in [-0.1, -0.05) is 12.5 Å². The standard InChI is InChI=1S/C18H27N3O2.2ClH/c1-23-16-6-3-5-15(10-16)21-9-8-14(12-21)20-18(22)17-7-2-4-13(17)11-19;;/h3,5-6,10,13-14,17H,2,4,7-9,11-12,19H2,1H3,(H,20,22);2*1H/t13-,14?,17-;;/m1../s1. The maximum absolute atomic E-state index is 12.5. The predicted molar refractivity (Wildman–Crippen MR) is 106 cm³/mol. The second kappa shape index (κ2) is 10.1. The lowest BCUT2D eigenvalue weighted by atomic mass is 9.95. The van der Waals surface area contributed by atoms with Crippen molar-refractivity contribution >= 4 is 36.4 Å². The van der Waals surface area contributed by atoms with Crippen LogP contribution in [0.25, 0.3) is 0 Å². The van der Waals surface area contributed by atoms with Crippen molar-refractivity contribution in [3.8, 4) is 5.75 Å². The van der Waals surface area contributed by atoms with E-state index in [4.69, 9.17) is 10.5 Å². The van der Waals surface area contributed by atoms with Gasteiger partial charge in [0.25, 0.3) is 0 Å². The first-order valence-electron chi connectivity index (χ1n) is 8.60. The molecule has 25 heavy (non-hydrogen) atoms. The number of hydrogen-bond donors (Lipinski definition) is 2. The van der Waals surface area contributed by atoms with Crippen LogP contribution in [-0.4, -0.2) is 38.7 Å². The van der Waals surface area contributed by atoms with Crippen molar-refractivity contribution in [1.29, 1.82) is 0 Å². The van der Waals surface area contributed by atoms with Gasteiger partial charge in [-0.05, 0) is 43.9 Å². The molecule has 0 bridgehead atoms. The molecule has 3 rings (SSSR count). The molecule has 1 unspecified atom stereocenters. The molecular weight excluding hydrogens is 361 g/mol. The van der Waals surface area contributed by atoms with Gasteiger partial charge < -0.3 is 20.7 Å². The molecule has 1 aliphatic heterocycles. The average Bonchev–Trinajstić information content (AvgIpc) is 3.23. The summed E-state index contributed by atoms with van der Waals surface area (Å²) in [4.78, 5) is 14.8. The van der Waals surface area contributed by atoms with E-state index in [9.17, 15) is 4.79 Å². The Kier molecular flexibility index (Phi) is 8.83. The number of nitrogens with zero attached hydrogens (tertiary/aromatic N) is 1. The van der Waals surface area contributed by atoms with Crippen LogP contribution in [0, 0.1) is 11.8 Å². The zero-order valence-electron chi connectivity index (χ0n) is 14.6. The third-order valence-corrected chi connectivity index (χ3v) is 5.25. The Morgan fingerprint density at radius 1 is 1.32 bits per heavy atom. The minimum Gasteiger partial charge on any atom is -0.497 e. The molecule has 2 aliphatic rings. The fourth-order valence-corrected chi connectivity index (χ4v) is 3.89. The molecule has 7 heteroatoms. The SMILES string of the molecule is COc1cccc(N2CCC(NC(=O)[C@@H]3CCC[C@@H]3CN)C2)c1.Cl.Cl. The molecule has 1 amide bonds. The first-order chi connectivity index (χ1) is 11.2. The van der Waals surface area contributed by atoms with Crippen molar-refractivity contribution in [1.82, 2.24) is 5.32 Å². The minimum absolute atomic E-state index is 0. The molecule has 5 nitrogen and oxygen atoms in total. The van der Waals surface area contributed by atoms with Crippen LogP contribution < -0.4 is 20.7 Å². The molecule has 1 saturated heterocycles. The number of amides is 1. The van der Waals surface area contributed by atoms with E-state index in [1.807, 2.05) is 18.2 Å². The number of carbonyl (C=O) groups excluding carboxylic acids is 1. The van der Waals surface area contributed by atoms with Crippen molar-refractivity contribution < 1.29 is 9.53 Å². The van der Waals surface area contributed by atoms with E-state index in [0.29, 0.717) is 12.5 Å². The van der Waals surface area contributed by atoms with E-state index in [2.05, 4.69) is 16.3 Å². The lowest BCUT2D eigenvalue weighted by Crippen LogP contribution is -2.42. The highest BCUT2D eigenvalue weighted by atomic mass is 35.5. The fraction of sp³-hybridized carbons (Fsp3) is 0.611. The molecule has 1 saturated carbocycles. The fourth-order valence-electron chi connectivity index (χ4n) is 3.89. The van der Waals surface area contributed by atoms with Crippen LogP contribution in [0.5, 0.6) is 5.75 Å². The van der Waals surface area contributed by atoms with Crippen LogP contribution in [0.4, 0.5) is 5.69 Å². The molecular formula is C18H29Cl2N3O2. The number of halogens is 2. The molecule has 1 aliphatic carbocycles. The summed E-state index contributed by atoms with van der Waals surface area (Å²) in [6, 6.07) is 8.32. The third-order valence-electron chi connectivity index (χ3n) is 5.25. The van der Waals surface area contributed by atoms with Gasteiger partial charge in [0.05, 0.1) is 7.11 Å². The lowest BCUT2D eigenvalue weighted by Gasteiger charge is -2.22. The summed E-state index contributed by atoms with van der Waals surface area (Å²) in [6.45, 7) is 2.45. The lowest BCUT2D eigenvalue weighted by molar-refractivity contribution is -0.126. The number of benzene rings is 1. The van der Waals surface area contributed by atoms with Gasteiger partial charge in [0.2, 0.25) is 5.91 Å². The number of methoxy groups -OCH3 is 1. The average molecular weight is 390 g/mol. The van der Waals surface area contributed by atoms with E-state index in [1.165, 1.54) is 0 Å². The Balaban J connectivity index is 0.00000156. The number of ether oxygens (including phenoxy) is 1. The maximum Gasteiger partial charge on any atom is 0.223 e. The molecule has 0 aromatic heterocycles. The summed E-state index contributed by atoms with van der Waals surface area (Å²) in [6.07, 6.45) is 4.19. The second-order valence-corrected chi connectivity index (χ2v) is 6.67. The minimum atomic E-state index is 0. The van der Waals surface area contributed by atoms with Crippen LogP contribution in [0.2, 0.25) is 0 Å². The Morgan fingerprint density at radius 3 is 2.84 bits per heavy atom. The molecule has 0 spiro atoms. The Labute approximate surface area is 162 Å². The Bertz CT molecular complexity index is 559. The normalized spacial score (nSPS) is 25.0. The zero-order chi connectivity index (χ0) is 16.2. The summed E-state index contributed by atoms with van der Waals surface area (Å²) in [5, 5.41) is 3.25. The van der Waals surface area contributed by atoms with Crippen LogP contribution in [0.3, 0.4) is 0 Å². The monoisotopic (exact) mass is 389 g/mol. The predicted octanol–water partition coefficient (Wildman–Crippen LogP) is 2.61. The van der Waals surface area contributed by atoms with Crippen LogP contribution in [-0.2, 0) is 4.79 Å². The van der Waals surface area contributed by atoms with E-state index in [0.717, 1.165) is 50.2 Å².